The smallest absolute Gasteiger partial charge is 0.320 e. The Morgan fingerprint density at radius 3 is 2.92 bits per heavy atom. The van der Waals surface area contributed by atoms with Crippen LogP contribution in [-0.4, -0.2) is 33.6 Å². The van der Waals surface area contributed by atoms with Crippen molar-refractivity contribution in [1.29, 1.82) is 0 Å². The average Bonchev–Trinajstić information content (AvgIpc) is 2.95. The molecule has 25 heavy (non-hydrogen) atoms. The number of carbonyl (C=O) groups is 1. The highest BCUT2D eigenvalue weighted by molar-refractivity contribution is 5.88. The van der Waals surface area contributed by atoms with E-state index in [1.165, 1.54) is 12.1 Å². The fourth-order valence-electron chi connectivity index (χ4n) is 3.34. The Bertz CT molecular complexity index is 746. The number of aliphatic hydroxyl groups excluding tert-OH is 1. The van der Waals surface area contributed by atoms with Gasteiger partial charge in [0, 0.05) is 30.3 Å². The minimum Gasteiger partial charge on any atom is -0.396 e. The predicted molar refractivity (Wildman–Crippen MR) is 93.2 cm³/mol. The molecule has 0 bridgehead atoms. The van der Waals surface area contributed by atoms with Crippen LogP contribution in [0.5, 0.6) is 0 Å². The Morgan fingerprint density at radius 2 is 2.16 bits per heavy atom. The summed E-state index contributed by atoms with van der Waals surface area (Å²) >= 11 is 0. The molecule has 0 saturated heterocycles. The van der Waals surface area contributed by atoms with E-state index in [9.17, 15) is 14.3 Å². The second kappa shape index (κ2) is 7.65. The molecule has 2 atom stereocenters. The Hall–Kier alpha value is -2.41. The Morgan fingerprint density at radius 1 is 1.36 bits per heavy atom. The van der Waals surface area contributed by atoms with Gasteiger partial charge in [0.15, 0.2) is 5.82 Å². The number of carbonyl (C=O) groups excluding carboxylic acids is 1. The fraction of sp³-hybridized carbons (Fsp3) is 0.444. The van der Waals surface area contributed by atoms with Crippen molar-refractivity contribution in [2.24, 2.45) is 5.92 Å². The van der Waals surface area contributed by atoms with Crippen molar-refractivity contribution in [3.05, 3.63) is 41.8 Å². The first-order valence-electron chi connectivity index (χ1n) is 8.58. The number of nitrogens with one attached hydrogen (secondary N) is 2. The number of aromatic nitrogens is 2. The van der Waals surface area contributed by atoms with Gasteiger partial charge < -0.3 is 10.4 Å². The zero-order valence-electron chi connectivity index (χ0n) is 14.2. The van der Waals surface area contributed by atoms with E-state index >= 15 is 0 Å². The van der Waals surface area contributed by atoms with Gasteiger partial charge in [0.05, 0.1) is 5.69 Å². The average molecular weight is 346 g/mol. The molecule has 0 aliphatic heterocycles. The first-order valence-corrected chi connectivity index (χ1v) is 8.58. The first kappa shape index (κ1) is 17.4. The van der Waals surface area contributed by atoms with Crippen LogP contribution in [0.4, 0.5) is 15.0 Å². The molecule has 6 nitrogen and oxygen atoms in total. The lowest BCUT2D eigenvalue weighted by molar-refractivity contribution is 0.156. The molecule has 7 heteroatoms. The summed E-state index contributed by atoms with van der Waals surface area (Å²) in [4.78, 5) is 12.2. The summed E-state index contributed by atoms with van der Waals surface area (Å²) in [7, 11) is 0. The summed E-state index contributed by atoms with van der Waals surface area (Å²) in [5, 5.41) is 19.4. The highest BCUT2D eigenvalue weighted by Gasteiger charge is 2.26. The van der Waals surface area contributed by atoms with E-state index in [-0.39, 0.29) is 30.4 Å². The standard InChI is InChI=1S/C18H23FN4O2/c1-12-9-17(22-23(12)15-7-4-6-14(19)10-15)21-18(25)20-16-8-3-2-5-13(16)11-24/h4,6-7,9-10,13,16,24H,2-3,5,8,11H2,1H3,(H2,20,21,22,25). The number of hydrogen-bond donors (Lipinski definition) is 3. The second-order valence-corrected chi connectivity index (χ2v) is 6.49. The molecule has 1 fully saturated rings. The Labute approximate surface area is 146 Å². The number of amides is 2. The summed E-state index contributed by atoms with van der Waals surface area (Å²) in [5.41, 5.74) is 1.38. The molecule has 2 unspecified atom stereocenters. The summed E-state index contributed by atoms with van der Waals surface area (Å²) < 4.78 is 15.0. The summed E-state index contributed by atoms with van der Waals surface area (Å²) in [6.07, 6.45) is 3.93. The highest BCUT2D eigenvalue weighted by atomic mass is 19.1. The number of aryl methyl sites for hydroxylation is 1. The lowest BCUT2D eigenvalue weighted by atomic mass is 9.85. The van der Waals surface area contributed by atoms with Crippen LogP contribution in [-0.2, 0) is 0 Å². The molecular formula is C18H23FN4O2. The third-order valence-corrected chi connectivity index (χ3v) is 4.64. The minimum atomic E-state index is -0.341. The molecule has 0 radical (unpaired) electrons. The van der Waals surface area contributed by atoms with Gasteiger partial charge in [-0.25, -0.2) is 13.9 Å². The van der Waals surface area contributed by atoms with E-state index in [0.717, 1.165) is 31.4 Å². The number of benzene rings is 1. The van der Waals surface area contributed by atoms with Crippen LogP contribution in [0.3, 0.4) is 0 Å². The topological polar surface area (TPSA) is 79.2 Å². The zero-order chi connectivity index (χ0) is 17.8. The molecule has 1 saturated carbocycles. The molecule has 134 valence electrons. The van der Waals surface area contributed by atoms with Gasteiger partial charge in [-0.05, 0) is 38.0 Å². The van der Waals surface area contributed by atoms with Crippen molar-refractivity contribution in [3.8, 4) is 5.69 Å². The van der Waals surface area contributed by atoms with Crippen LogP contribution < -0.4 is 10.6 Å². The third-order valence-electron chi connectivity index (χ3n) is 4.64. The van der Waals surface area contributed by atoms with Crippen molar-refractivity contribution < 1.29 is 14.3 Å². The molecule has 2 aromatic rings. The number of nitrogens with zero attached hydrogens (tertiary/aromatic N) is 2. The lowest BCUT2D eigenvalue weighted by Crippen LogP contribution is -2.45. The van der Waals surface area contributed by atoms with Crippen LogP contribution >= 0.6 is 0 Å². The Kier molecular flexibility index (Phi) is 5.33. The number of halogens is 1. The molecule has 1 aromatic carbocycles. The minimum absolute atomic E-state index is 0.0230. The second-order valence-electron chi connectivity index (χ2n) is 6.49. The molecule has 0 spiro atoms. The summed E-state index contributed by atoms with van der Waals surface area (Å²) in [5.74, 6) is 0.161. The van der Waals surface area contributed by atoms with E-state index in [1.807, 2.05) is 6.92 Å². The number of urea groups is 1. The SMILES string of the molecule is Cc1cc(NC(=O)NC2CCCCC2CO)nn1-c1cccc(F)c1. The van der Waals surface area contributed by atoms with Gasteiger partial charge in [0.2, 0.25) is 0 Å². The fourth-order valence-corrected chi connectivity index (χ4v) is 3.34. The van der Waals surface area contributed by atoms with Gasteiger partial charge in [-0.3, -0.25) is 5.32 Å². The van der Waals surface area contributed by atoms with Gasteiger partial charge in [0.25, 0.3) is 0 Å². The lowest BCUT2D eigenvalue weighted by Gasteiger charge is -2.30. The molecular weight excluding hydrogens is 323 g/mol. The highest BCUT2D eigenvalue weighted by Crippen LogP contribution is 2.24. The largest absolute Gasteiger partial charge is 0.396 e. The predicted octanol–water partition coefficient (Wildman–Crippen LogP) is 2.99. The quantitative estimate of drug-likeness (QED) is 0.796. The van der Waals surface area contributed by atoms with Crippen LogP contribution in [0.15, 0.2) is 30.3 Å². The number of hydrogen-bond acceptors (Lipinski definition) is 3. The van der Waals surface area contributed by atoms with Gasteiger partial charge in [-0.1, -0.05) is 18.9 Å². The number of rotatable bonds is 4. The molecule has 1 aliphatic rings. The van der Waals surface area contributed by atoms with Gasteiger partial charge in [-0.15, -0.1) is 5.10 Å². The number of aliphatic hydroxyl groups is 1. The third kappa shape index (κ3) is 4.17. The van der Waals surface area contributed by atoms with E-state index in [2.05, 4.69) is 15.7 Å². The van der Waals surface area contributed by atoms with Crippen molar-refractivity contribution in [2.75, 3.05) is 11.9 Å². The van der Waals surface area contributed by atoms with Crippen LogP contribution in [0.2, 0.25) is 0 Å². The van der Waals surface area contributed by atoms with Crippen LogP contribution in [0.25, 0.3) is 5.69 Å². The normalized spacial score (nSPS) is 20.3. The molecule has 3 rings (SSSR count). The maximum Gasteiger partial charge on any atom is 0.320 e. The maximum atomic E-state index is 13.4. The molecule has 1 aromatic heterocycles. The zero-order valence-corrected chi connectivity index (χ0v) is 14.2. The van der Waals surface area contributed by atoms with Crippen molar-refractivity contribution >= 4 is 11.8 Å². The van der Waals surface area contributed by atoms with Gasteiger partial charge in [-0.2, -0.15) is 0 Å². The van der Waals surface area contributed by atoms with Crippen LogP contribution in [0.1, 0.15) is 31.4 Å². The van der Waals surface area contributed by atoms with E-state index in [1.54, 1.807) is 22.9 Å². The van der Waals surface area contributed by atoms with Crippen molar-refractivity contribution in [1.82, 2.24) is 15.1 Å². The summed E-state index contributed by atoms with van der Waals surface area (Å²) in [6, 6.07) is 7.49. The first-order chi connectivity index (χ1) is 12.1. The number of anilines is 1. The van der Waals surface area contributed by atoms with Gasteiger partial charge >= 0.3 is 6.03 Å². The van der Waals surface area contributed by atoms with E-state index in [4.69, 9.17) is 0 Å². The van der Waals surface area contributed by atoms with E-state index < -0.39 is 0 Å². The monoisotopic (exact) mass is 346 g/mol. The molecule has 2 amide bonds. The molecule has 3 N–H and O–H groups in total. The maximum absolute atomic E-state index is 13.4. The van der Waals surface area contributed by atoms with Gasteiger partial charge in [0.1, 0.15) is 5.82 Å². The van der Waals surface area contributed by atoms with Crippen LogP contribution in [0, 0.1) is 18.7 Å². The molecule has 1 aliphatic carbocycles. The van der Waals surface area contributed by atoms with E-state index in [0.29, 0.717) is 11.5 Å². The summed E-state index contributed by atoms with van der Waals surface area (Å²) in [6.45, 7) is 1.92. The van der Waals surface area contributed by atoms with Crippen molar-refractivity contribution in [2.45, 2.75) is 38.6 Å². The molecule has 1 heterocycles. The Balaban J connectivity index is 1.67. The van der Waals surface area contributed by atoms with Crippen molar-refractivity contribution in [3.63, 3.8) is 0 Å².